The third kappa shape index (κ3) is 1.21. The number of carbonyl (C=O) groups excluding carboxylic acids is 1. The zero-order valence-corrected chi connectivity index (χ0v) is 6.45. The fourth-order valence-electron chi connectivity index (χ4n) is 1.16. The number of hydrazone groups is 1. The summed E-state index contributed by atoms with van der Waals surface area (Å²) in [6.45, 7) is 0. The lowest BCUT2D eigenvalue weighted by molar-refractivity contribution is -0.119. The maximum absolute atomic E-state index is 10.8. The van der Waals surface area contributed by atoms with Crippen molar-refractivity contribution >= 4 is 11.6 Å². The SMILES string of the molecule is O=C1CC(c2ccccc2)=[N+]N1. The van der Waals surface area contributed by atoms with Crippen molar-refractivity contribution in [2.75, 3.05) is 0 Å². The van der Waals surface area contributed by atoms with Gasteiger partial charge in [0.05, 0.1) is 5.56 Å². The molecular weight excluding hydrogens is 152 g/mol. The molecule has 0 spiro atoms. The van der Waals surface area contributed by atoms with Gasteiger partial charge in [0, 0.05) is 0 Å². The van der Waals surface area contributed by atoms with Crippen LogP contribution in [0.5, 0.6) is 0 Å². The van der Waals surface area contributed by atoms with Gasteiger partial charge < -0.3 is 0 Å². The maximum Gasteiger partial charge on any atom is 0.303 e. The summed E-state index contributed by atoms with van der Waals surface area (Å²) in [5.41, 5.74) is 4.25. The molecule has 0 fully saturated rings. The predicted molar refractivity (Wildman–Crippen MR) is 45.4 cm³/mol. The first-order valence-corrected chi connectivity index (χ1v) is 3.77. The van der Waals surface area contributed by atoms with E-state index in [9.17, 15) is 4.79 Å². The highest BCUT2D eigenvalue weighted by atomic mass is 16.2. The molecule has 1 aromatic rings. The Morgan fingerprint density at radius 3 is 2.58 bits per heavy atom. The van der Waals surface area contributed by atoms with Gasteiger partial charge in [-0.2, -0.15) is 0 Å². The number of hydrogen-bond acceptors (Lipinski definition) is 2. The van der Waals surface area contributed by atoms with Crippen LogP contribution in [-0.4, -0.2) is 11.6 Å². The molecule has 0 unspecified atom stereocenters. The smallest absolute Gasteiger partial charge is 0.268 e. The van der Waals surface area contributed by atoms with Gasteiger partial charge in [0.2, 0.25) is 0 Å². The molecule has 0 saturated carbocycles. The molecular formula is C9H8N2O+. The molecule has 2 rings (SSSR count). The molecule has 12 heavy (non-hydrogen) atoms. The van der Waals surface area contributed by atoms with E-state index in [4.69, 9.17) is 0 Å². The quantitative estimate of drug-likeness (QED) is 0.628. The lowest BCUT2D eigenvalue weighted by atomic mass is 10.1. The minimum absolute atomic E-state index is 0.0335. The molecule has 0 aromatic heterocycles. The highest BCUT2D eigenvalue weighted by Gasteiger charge is 2.27. The van der Waals surface area contributed by atoms with E-state index in [0.29, 0.717) is 6.42 Å². The highest BCUT2D eigenvalue weighted by Crippen LogP contribution is 2.03. The minimum atomic E-state index is -0.0335. The van der Waals surface area contributed by atoms with Crippen molar-refractivity contribution in [2.24, 2.45) is 0 Å². The first-order chi connectivity index (χ1) is 5.86. The molecule has 1 aromatic carbocycles. The average molecular weight is 160 g/mol. The molecule has 0 aliphatic carbocycles. The van der Waals surface area contributed by atoms with Crippen LogP contribution in [0.1, 0.15) is 12.0 Å². The second-order valence-corrected chi connectivity index (χ2v) is 2.64. The highest BCUT2D eigenvalue weighted by molar-refractivity contribution is 6.12. The van der Waals surface area contributed by atoms with E-state index in [1.807, 2.05) is 30.3 Å². The van der Waals surface area contributed by atoms with E-state index in [2.05, 4.69) is 10.5 Å². The summed E-state index contributed by atoms with van der Waals surface area (Å²) in [5.74, 6) is -0.0335. The summed E-state index contributed by atoms with van der Waals surface area (Å²) in [7, 11) is 0. The zero-order valence-electron chi connectivity index (χ0n) is 6.45. The molecule has 1 aliphatic rings. The molecule has 1 radical (unpaired) electrons. The van der Waals surface area contributed by atoms with Crippen molar-refractivity contribution in [3.05, 3.63) is 35.9 Å². The standard InChI is InChI=1S/C9H8N2O/c12-9-6-8(10-11-9)7-4-2-1-3-5-7/h1-5H,6H2,(H,11,12)/q+1. The van der Waals surface area contributed by atoms with Crippen LogP contribution in [0.4, 0.5) is 0 Å². The third-order valence-corrected chi connectivity index (χ3v) is 1.75. The molecule has 0 bridgehead atoms. The normalized spacial score (nSPS) is 15.7. The van der Waals surface area contributed by atoms with Crippen molar-refractivity contribution in [3.8, 4) is 0 Å². The number of nitrogens with zero attached hydrogens (tertiary/aromatic N) is 1. The predicted octanol–water partition coefficient (Wildman–Crippen LogP) is 0.246. The van der Waals surface area contributed by atoms with Gasteiger partial charge in [0.15, 0.2) is 5.10 Å². The topological polar surface area (TPSA) is 43.2 Å². The van der Waals surface area contributed by atoms with Gasteiger partial charge in [-0.3, -0.25) is 4.79 Å². The summed E-state index contributed by atoms with van der Waals surface area (Å²) >= 11 is 0. The van der Waals surface area contributed by atoms with Gasteiger partial charge in [-0.05, 0) is 12.1 Å². The fraction of sp³-hybridized carbons (Fsp3) is 0.111. The lowest BCUT2D eigenvalue weighted by Gasteiger charge is -1.87. The number of carbonyl (C=O) groups is 1. The number of hydrogen-bond donors (Lipinski definition) is 1. The van der Waals surface area contributed by atoms with Crippen LogP contribution in [0.15, 0.2) is 30.3 Å². The molecule has 0 atom stereocenters. The van der Waals surface area contributed by atoms with E-state index in [1.54, 1.807) is 0 Å². The Bertz CT molecular complexity index is 330. The van der Waals surface area contributed by atoms with E-state index < -0.39 is 0 Å². The van der Waals surface area contributed by atoms with Crippen molar-refractivity contribution in [2.45, 2.75) is 6.42 Å². The Hall–Kier alpha value is -1.64. The van der Waals surface area contributed by atoms with Crippen molar-refractivity contribution in [1.29, 1.82) is 0 Å². The van der Waals surface area contributed by atoms with Crippen LogP contribution < -0.4 is 10.5 Å². The van der Waals surface area contributed by atoms with Gasteiger partial charge >= 0.3 is 5.71 Å². The lowest BCUT2D eigenvalue weighted by Crippen LogP contribution is -2.15. The molecule has 1 amide bonds. The number of rotatable bonds is 1. The monoisotopic (exact) mass is 160 g/mol. The molecule has 1 N–H and O–H groups in total. The van der Waals surface area contributed by atoms with Crippen molar-refractivity contribution < 1.29 is 4.79 Å². The van der Waals surface area contributed by atoms with Gasteiger partial charge in [-0.1, -0.05) is 23.6 Å². The largest absolute Gasteiger partial charge is 0.303 e. The van der Waals surface area contributed by atoms with Crippen LogP contribution in [-0.2, 0) is 4.79 Å². The first-order valence-electron chi connectivity index (χ1n) is 3.77. The Morgan fingerprint density at radius 1 is 1.25 bits per heavy atom. The Balaban J connectivity index is 2.28. The van der Waals surface area contributed by atoms with Crippen molar-refractivity contribution in [3.63, 3.8) is 0 Å². The van der Waals surface area contributed by atoms with Gasteiger partial charge in [-0.15, -0.1) is 0 Å². The summed E-state index contributed by atoms with van der Waals surface area (Å²) < 4.78 is 0. The van der Waals surface area contributed by atoms with Gasteiger partial charge in [0.1, 0.15) is 6.42 Å². The molecule has 0 saturated heterocycles. The molecule has 59 valence electrons. The van der Waals surface area contributed by atoms with Crippen LogP contribution in [0.2, 0.25) is 0 Å². The number of benzene rings is 1. The van der Waals surface area contributed by atoms with E-state index in [1.165, 1.54) is 0 Å². The van der Waals surface area contributed by atoms with Crippen LogP contribution in [0, 0.1) is 0 Å². The second kappa shape index (κ2) is 2.77. The zero-order chi connectivity index (χ0) is 8.39. The summed E-state index contributed by atoms with van der Waals surface area (Å²) in [5, 5.41) is 3.90. The fourth-order valence-corrected chi connectivity index (χ4v) is 1.16. The van der Waals surface area contributed by atoms with E-state index >= 15 is 0 Å². The first kappa shape index (κ1) is 7.03. The van der Waals surface area contributed by atoms with Crippen LogP contribution in [0.3, 0.4) is 0 Å². The second-order valence-electron chi connectivity index (χ2n) is 2.64. The van der Waals surface area contributed by atoms with E-state index in [-0.39, 0.29) is 5.91 Å². The average Bonchev–Trinajstić information content (AvgIpc) is 2.54. The number of amides is 1. The molecule has 3 nitrogen and oxygen atoms in total. The Morgan fingerprint density at radius 2 is 2.00 bits per heavy atom. The third-order valence-electron chi connectivity index (χ3n) is 1.75. The molecule has 1 aliphatic heterocycles. The van der Waals surface area contributed by atoms with Gasteiger partial charge in [-0.25, -0.2) is 0 Å². The maximum atomic E-state index is 10.8. The van der Waals surface area contributed by atoms with Crippen molar-refractivity contribution in [1.82, 2.24) is 10.5 Å². The number of nitrogens with one attached hydrogen (secondary N) is 1. The Kier molecular flexibility index (Phi) is 1.63. The van der Waals surface area contributed by atoms with Crippen LogP contribution in [0.25, 0.3) is 0 Å². The minimum Gasteiger partial charge on any atom is -0.268 e. The summed E-state index contributed by atoms with van der Waals surface area (Å²) in [4.78, 5) is 10.8. The van der Waals surface area contributed by atoms with Gasteiger partial charge in [0.25, 0.3) is 5.91 Å². The Labute approximate surface area is 70.1 Å². The summed E-state index contributed by atoms with van der Waals surface area (Å²) in [6, 6.07) is 9.69. The molecule has 3 heteroatoms. The van der Waals surface area contributed by atoms with E-state index in [0.717, 1.165) is 11.3 Å². The molecule has 1 heterocycles. The summed E-state index contributed by atoms with van der Waals surface area (Å²) in [6.07, 6.45) is 0.393. The van der Waals surface area contributed by atoms with Crippen LogP contribution >= 0.6 is 0 Å².